The van der Waals surface area contributed by atoms with Gasteiger partial charge in [-0.25, -0.2) is 0 Å². The van der Waals surface area contributed by atoms with Crippen LogP contribution in [0.4, 0.5) is 0 Å². The average molecular weight is 119 g/mol. The van der Waals surface area contributed by atoms with Crippen molar-refractivity contribution in [1.29, 1.82) is 0 Å². The topological polar surface area (TPSA) is 24.7 Å². The Morgan fingerprint density at radius 2 is 2.00 bits per heavy atom. The Hall–Kier alpha value is -0.110. The summed E-state index contributed by atoms with van der Waals surface area (Å²) in [5.41, 5.74) is -0.235. The van der Waals surface area contributed by atoms with Crippen molar-refractivity contribution >= 4 is 11.6 Å². The van der Waals surface area contributed by atoms with E-state index in [0.717, 1.165) is 0 Å². The van der Waals surface area contributed by atoms with Crippen LogP contribution in [0.25, 0.3) is 0 Å². The lowest BCUT2D eigenvalue weighted by molar-refractivity contribution is 0.649. The Labute approximate surface area is 47.6 Å². The van der Waals surface area contributed by atoms with E-state index in [4.69, 9.17) is 11.6 Å². The van der Waals surface area contributed by atoms with Crippen LogP contribution < -0.4 is 0 Å². The Balaban J connectivity index is 2.41. The van der Waals surface area contributed by atoms with Crippen LogP contribution in [0.5, 0.6) is 0 Å². The molecule has 0 aromatic heterocycles. The van der Waals surface area contributed by atoms with Gasteiger partial charge in [0, 0.05) is 0 Å². The monoisotopic (exact) mass is 118 g/mol. The van der Waals surface area contributed by atoms with E-state index in [9.17, 15) is 0 Å². The zero-order chi connectivity index (χ0) is 5.49. The lowest BCUT2D eigenvalue weighted by Crippen LogP contribution is -2.15. The number of rotatable bonds is 1. The van der Waals surface area contributed by atoms with Gasteiger partial charge >= 0.3 is 0 Å². The first kappa shape index (κ1) is 5.04. The third kappa shape index (κ3) is 0.752. The molecule has 0 aromatic rings. The summed E-state index contributed by atoms with van der Waals surface area (Å²) in [6, 6.07) is 0. The molecule has 0 saturated heterocycles. The first-order valence-corrected chi connectivity index (χ1v) is 2.67. The van der Waals surface area contributed by atoms with Crippen LogP contribution in [0.1, 0.15) is 13.8 Å². The summed E-state index contributed by atoms with van der Waals surface area (Å²) in [7, 11) is 0. The summed E-state index contributed by atoms with van der Waals surface area (Å²) in [4.78, 5) is 0. The molecule has 0 amide bonds. The van der Waals surface area contributed by atoms with Gasteiger partial charge in [-0.15, -0.1) is 11.6 Å². The highest BCUT2D eigenvalue weighted by molar-refractivity contribution is 6.21. The van der Waals surface area contributed by atoms with E-state index in [2.05, 4.69) is 10.2 Å². The first-order valence-electron chi connectivity index (χ1n) is 2.23. The second-order valence-electron chi connectivity index (χ2n) is 1.91. The van der Waals surface area contributed by atoms with Crippen molar-refractivity contribution in [2.75, 3.05) is 0 Å². The van der Waals surface area contributed by atoms with Gasteiger partial charge < -0.3 is 0 Å². The van der Waals surface area contributed by atoms with Crippen molar-refractivity contribution < 1.29 is 0 Å². The summed E-state index contributed by atoms with van der Waals surface area (Å²) in [5, 5.41) is 7.50. The minimum atomic E-state index is -0.235. The van der Waals surface area contributed by atoms with E-state index in [1.807, 2.05) is 13.8 Å². The highest BCUT2D eigenvalue weighted by Gasteiger charge is 2.38. The number of hydrogen-bond donors (Lipinski definition) is 0. The molecule has 0 aromatic carbocycles. The third-order valence-corrected chi connectivity index (χ3v) is 1.58. The van der Waals surface area contributed by atoms with Crippen LogP contribution in [0, 0.1) is 0 Å². The number of nitrogens with zero attached hydrogens (tertiary/aromatic N) is 2. The molecule has 1 aliphatic heterocycles. The van der Waals surface area contributed by atoms with Gasteiger partial charge in [0.05, 0.1) is 5.38 Å². The fourth-order valence-corrected chi connectivity index (χ4v) is 0.325. The molecule has 0 bridgehead atoms. The van der Waals surface area contributed by atoms with Gasteiger partial charge in [-0.05, 0) is 13.8 Å². The van der Waals surface area contributed by atoms with E-state index in [1.54, 1.807) is 0 Å². The van der Waals surface area contributed by atoms with Crippen LogP contribution in [0.15, 0.2) is 10.2 Å². The van der Waals surface area contributed by atoms with Gasteiger partial charge in [0.2, 0.25) is 5.66 Å². The largest absolute Gasteiger partial charge is 0.204 e. The molecule has 40 valence electrons. The second-order valence-corrected chi connectivity index (χ2v) is 2.56. The smallest absolute Gasteiger partial charge is 0.158 e. The third-order valence-electron chi connectivity index (χ3n) is 1.17. The van der Waals surface area contributed by atoms with Crippen LogP contribution in [-0.2, 0) is 0 Å². The zero-order valence-corrected chi connectivity index (χ0v) is 5.11. The lowest BCUT2D eigenvalue weighted by atomic mass is 10.2. The van der Waals surface area contributed by atoms with Crippen molar-refractivity contribution in [2.24, 2.45) is 10.2 Å². The van der Waals surface area contributed by atoms with Crippen LogP contribution in [0.3, 0.4) is 0 Å². The highest BCUT2D eigenvalue weighted by atomic mass is 35.5. The number of hydrogen-bond acceptors (Lipinski definition) is 2. The summed E-state index contributed by atoms with van der Waals surface area (Å²) in [6.45, 7) is 3.80. The molecule has 1 aliphatic rings. The van der Waals surface area contributed by atoms with Gasteiger partial charge in [0.1, 0.15) is 0 Å². The fourth-order valence-electron chi connectivity index (χ4n) is 0.238. The molecular weight excluding hydrogens is 112 g/mol. The lowest BCUT2D eigenvalue weighted by Gasteiger charge is -2.02. The molecule has 1 rings (SSSR count). The quantitative estimate of drug-likeness (QED) is 0.469. The summed E-state index contributed by atoms with van der Waals surface area (Å²) >= 11 is 5.63. The number of halogens is 1. The molecule has 1 heterocycles. The van der Waals surface area contributed by atoms with Crippen molar-refractivity contribution in [2.45, 2.75) is 24.9 Å². The Morgan fingerprint density at radius 1 is 1.57 bits per heavy atom. The summed E-state index contributed by atoms with van der Waals surface area (Å²) < 4.78 is 0. The standard InChI is InChI=1S/C4H7ClN2/c1-3(5)4(2)6-7-4/h3H,1-2H3. The van der Waals surface area contributed by atoms with Gasteiger partial charge in [0.25, 0.3) is 0 Å². The van der Waals surface area contributed by atoms with Crippen molar-refractivity contribution in [1.82, 2.24) is 0 Å². The number of alkyl halides is 1. The molecule has 2 nitrogen and oxygen atoms in total. The maximum absolute atomic E-state index is 5.63. The maximum atomic E-state index is 5.63. The molecular formula is C4H7ClN2. The molecule has 0 aliphatic carbocycles. The first-order chi connectivity index (χ1) is 3.15. The molecule has 0 fully saturated rings. The second kappa shape index (κ2) is 1.19. The molecule has 7 heavy (non-hydrogen) atoms. The highest BCUT2D eigenvalue weighted by Crippen LogP contribution is 2.33. The van der Waals surface area contributed by atoms with E-state index < -0.39 is 0 Å². The van der Waals surface area contributed by atoms with E-state index in [0.29, 0.717) is 0 Å². The van der Waals surface area contributed by atoms with E-state index in [1.165, 1.54) is 0 Å². The van der Waals surface area contributed by atoms with Crippen LogP contribution in [-0.4, -0.2) is 11.0 Å². The van der Waals surface area contributed by atoms with Gasteiger partial charge in [0.15, 0.2) is 0 Å². The van der Waals surface area contributed by atoms with Gasteiger partial charge in [-0.2, -0.15) is 10.2 Å². The minimum absolute atomic E-state index is 0.0486. The van der Waals surface area contributed by atoms with Gasteiger partial charge in [-0.1, -0.05) is 0 Å². The summed E-state index contributed by atoms with van der Waals surface area (Å²) in [6.07, 6.45) is 0. The molecule has 0 saturated carbocycles. The van der Waals surface area contributed by atoms with Gasteiger partial charge in [-0.3, -0.25) is 0 Å². The maximum Gasteiger partial charge on any atom is 0.204 e. The predicted octanol–water partition coefficient (Wildman–Crippen LogP) is 1.80. The fraction of sp³-hybridized carbons (Fsp3) is 1.00. The minimum Gasteiger partial charge on any atom is -0.158 e. The van der Waals surface area contributed by atoms with E-state index in [-0.39, 0.29) is 11.0 Å². The zero-order valence-electron chi connectivity index (χ0n) is 4.35. The average Bonchev–Trinajstić information content (AvgIpc) is 2.21. The van der Waals surface area contributed by atoms with Crippen molar-refractivity contribution in [3.05, 3.63) is 0 Å². The van der Waals surface area contributed by atoms with Crippen molar-refractivity contribution in [3.63, 3.8) is 0 Å². The molecule has 3 heteroatoms. The predicted molar refractivity (Wildman–Crippen MR) is 28.6 cm³/mol. The Bertz CT molecular complexity index is 102. The Morgan fingerprint density at radius 3 is 2.00 bits per heavy atom. The molecule has 0 radical (unpaired) electrons. The SMILES string of the molecule is CC(Cl)C1(C)N=N1. The van der Waals surface area contributed by atoms with Crippen molar-refractivity contribution in [3.8, 4) is 0 Å². The normalized spacial score (nSPS) is 27.3. The van der Waals surface area contributed by atoms with Crippen LogP contribution >= 0.6 is 11.6 Å². The molecule has 1 unspecified atom stereocenters. The van der Waals surface area contributed by atoms with E-state index >= 15 is 0 Å². The Kier molecular flexibility index (Phi) is 0.854. The molecule has 0 N–H and O–H groups in total. The molecule has 0 spiro atoms. The molecule has 1 atom stereocenters. The summed E-state index contributed by atoms with van der Waals surface area (Å²) in [5.74, 6) is 0. The van der Waals surface area contributed by atoms with Crippen LogP contribution in [0.2, 0.25) is 0 Å².